The lowest BCUT2D eigenvalue weighted by Crippen LogP contribution is -2.41. The van der Waals surface area contributed by atoms with E-state index in [4.69, 9.17) is 10.2 Å². The van der Waals surface area contributed by atoms with E-state index < -0.39 is 8.32 Å². The second kappa shape index (κ2) is 5.62. The second-order valence-corrected chi connectivity index (χ2v) is 11.2. The molecule has 90 valence electrons. The van der Waals surface area contributed by atoms with E-state index in [1.165, 1.54) is 5.57 Å². The molecule has 4 heteroatoms. The minimum absolute atomic E-state index is 0.266. The topological polar surface area (TPSA) is 35.2 Å². The van der Waals surface area contributed by atoms with Crippen LogP contribution in [0.15, 0.2) is 10.1 Å². The fourth-order valence-corrected chi connectivity index (χ4v) is 1.88. The van der Waals surface area contributed by atoms with Gasteiger partial charge in [0.2, 0.25) is 0 Å². The minimum atomic E-state index is -1.62. The molecular formula is C11H24BrNOSi. The number of hydrogen-bond acceptors (Lipinski definition) is 2. The summed E-state index contributed by atoms with van der Waals surface area (Å²) < 4.78 is 7.13. The predicted molar refractivity (Wildman–Crippen MR) is 73.8 cm³/mol. The molecular weight excluding hydrogens is 270 g/mol. The maximum atomic E-state index is 6.07. The summed E-state index contributed by atoms with van der Waals surface area (Å²) in [6.07, 6.45) is 0. The van der Waals surface area contributed by atoms with Gasteiger partial charge in [-0.2, -0.15) is 0 Å². The van der Waals surface area contributed by atoms with Crippen molar-refractivity contribution in [2.24, 2.45) is 5.73 Å². The SMILES string of the molecule is C/C(CO[Si](C)(C)C(C)(C)C)=C(\Br)CN. The Morgan fingerprint density at radius 2 is 1.80 bits per heavy atom. The van der Waals surface area contributed by atoms with Gasteiger partial charge in [0.15, 0.2) is 8.32 Å². The molecule has 0 atom stereocenters. The maximum Gasteiger partial charge on any atom is 0.192 e. The summed E-state index contributed by atoms with van der Waals surface area (Å²) in [6.45, 7) is 14.6. The van der Waals surface area contributed by atoms with Crippen molar-refractivity contribution in [2.45, 2.75) is 45.8 Å². The van der Waals surface area contributed by atoms with Gasteiger partial charge in [0.25, 0.3) is 0 Å². The molecule has 0 aromatic rings. The molecule has 0 aliphatic carbocycles. The third kappa shape index (κ3) is 4.81. The highest BCUT2D eigenvalue weighted by molar-refractivity contribution is 9.11. The Morgan fingerprint density at radius 3 is 2.13 bits per heavy atom. The molecule has 15 heavy (non-hydrogen) atoms. The molecule has 0 aliphatic rings. The normalized spacial score (nSPS) is 15.2. The molecule has 2 nitrogen and oxygen atoms in total. The van der Waals surface area contributed by atoms with Crippen LogP contribution in [-0.4, -0.2) is 21.5 Å². The predicted octanol–water partition coefficient (Wildman–Crippen LogP) is 3.64. The Bertz CT molecular complexity index is 243. The van der Waals surface area contributed by atoms with Crippen molar-refractivity contribution in [3.8, 4) is 0 Å². The van der Waals surface area contributed by atoms with Gasteiger partial charge in [0.05, 0.1) is 6.61 Å². The third-order valence-electron chi connectivity index (χ3n) is 3.10. The first-order valence-corrected chi connectivity index (χ1v) is 9.00. The smallest absolute Gasteiger partial charge is 0.192 e. The minimum Gasteiger partial charge on any atom is -0.413 e. The zero-order valence-electron chi connectivity index (χ0n) is 10.8. The molecule has 0 unspecified atom stereocenters. The van der Waals surface area contributed by atoms with E-state index in [2.05, 4.69) is 56.7 Å². The van der Waals surface area contributed by atoms with Gasteiger partial charge in [0, 0.05) is 11.0 Å². The molecule has 0 saturated heterocycles. The number of nitrogens with two attached hydrogens (primary N) is 1. The highest BCUT2D eigenvalue weighted by atomic mass is 79.9. The largest absolute Gasteiger partial charge is 0.413 e. The molecule has 0 aromatic carbocycles. The van der Waals surface area contributed by atoms with Gasteiger partial charge in [0.1, 0.15) is 0 Å². The summed E-state index contributed by atoms with van der Waals surface area (Å²) in [6, 6.07) is 0. The van der Waals surface area contributed by atoms with Crippen LogP contribution < -0.4 is 5.73 Å². The molecule has 0 bridgehead atoms. The second-order valence-electron chi connectivity index (χ2n) is 5.44. The van der Waals surface area contributed by atoms with E-state index in [0.717, 1.165) is 4.48 Å². The van der Waals surface area contributed by atoms with E-state index in [1.807, 2.05) is 0 Å². The van der Waals surface area contributed by atoms with Crippen molar-refractivity contribution in [1.82, 2.24) is 0 Å². The summed E-state index contributed by atoms with van der Waals surface area (Å²) in [5, 5.41) is 0.266. The zero-order valence-corrected chi connectivity index (χ0v) is 13.4. The van der Waals surface area contributed by atoms with Crippen LogP contribution in [-0.2, 0) is 4.43 Å². The Kier molecular flexibility index (Phi) is 5.75. The highest BCUT2D eigenvalue weighted by Crippen LogP contribution is 2.36. The standard InChI is InChI=1S/C11H24BrNOSi/c1-9(10(12)7-13)8-14-15(5,6)11(2,3)4/h7-8,13H2,1-6H3/b10-9+. The van der Waals surface area contributed by atoms with Crippen molar-refractivity contribution < 1.29 is 4.43 Å². The van der Waals surface area contributed by atoms with Crippen LogP contribution >= 0.6 is 15.9 Å². The van der Waals surface area contributed by atoms with Crippen LogP contribution in [0.2, 0.25) is 18.1 Å². The first kappa shape index (κ1) is 15.4. The molecule has 0 radical (unpaired) electrons. The first-order chi connectivity index (χ1) is 6.62. The van der Waals surface area contributed by atoms with Crippen LogP contribution in [0.25, 0.3) is 0 Å². The van der Waals surface area contributed by atoms with E-state index in [1.54, 1.807) is 0 Å². The summed E-state index contributed by atoms with van der Waals surface area (Å²) in [5.74, 6) is 0. The van der Waals surface area contributed by atoms with Crippen molar-refractivity contribution >= 4 is 24.2 Å². The van der Waals surface area contributed by atoms with Gasteiger partial charge in [-0.3, -0.25) is 0 Å². The Balaban J connectivity index is 4.41. The van der Waals surface area contributed by atoms with E-state index >= 15 is 0 Å². The lowest BCUT2D eigenvalue weighted by Gasteiger charge is -2.36. The monoisotopic (exact) mass is 293 g/mol. The summed E-state index contributed by atoms with van der Waals surface area (Å²) in [5.41, 5.74) is 6.75. The molecule has 0 heterocycles. The van der Waals surface area contributed by atoms with E-state index in [0.29, 0.717) is 13.2 Å². The van der Waals surface area contributed by atoms with Gasteiger partial charge in [-0.25, -0.2) is 0 Å². The first-order valence-electron chi connectivity index (χ1n) is 5.30. The third-order valence-corrected chi connectivity index (χ3v) is 8.58. The highest BCUT2D eigenvalue weighted by Gasteiger charge is 2.37. The van der Waals surface area contributed by atoms with E-state index in [-0.39, 0.29) is 5.04 Å². The molecule has 0 fully saturated rings. The van der Waals surface area contributed by atoms with Gasteiger partial charge in [-0.05, 0) is 30.6 Å². The summed E-state index contributed by atoms with van der Waals surface area (Å²) in [4.78, 5) is 0. The Labute approximate surface area is 104 Å². The molecule has 0 saturated carbocycles. The molecule has 0 spiro atoms. The fraction of sp³-hybridized carbons (Fsp3) is 0.818. The van der Waals surface area contributed by atoms with Gasteiger partial charge in [-0.15, -0.1) is 0 Å². The summed E-state index contributed by atoms with van der Waals surface area (Å²) >= 11 is 3.45. The lowest BCUT2D eigenvalue weighted by molar-refractivity contribution is 0.318. The molecule has 0 aromatic heterocycles. The Morgan fingerprint density at radius 1 is 1.33 bits per heavy atom. The molecule has 0 aliphatic heterocycles. The molecule has 0 rings (SSSR count). The van der Waals surface area contributed by atoms with Crippen molar-refractivity contribution in [1.29, 1.82) is 0 Å². The molecule has 0 amide bonds. The van der Waals surface area contributed by atoms with Crippen molar-refractivity contribution in [3.63, 3.8) is 0 Å². The average molecular weight is 294 g/mol. The van der Waals surface area contributed by atoms with Gasteiger partial charge < -0.3 is 10.2 Å². The van der Waals surface area contributed by atoms with Crippen molar-refractivity contribution in [2.75, 3.05) is 13.2 Å². The maximum absolute atomic E-state index is 6.07. The average Bonchev–Trinajstić information content (AvgIpc) is 2.11. The zero-order chi connectivity index (χ0) is 12.3. The quantitative estimate of drug-likeness (QED) is 0.803. The van der Waals surface area contributed by atoms with Crippen LogP contribution in [0.5, 0.6) is 0 Å². The van der Waals surface area contributed by atoms with Crippen LogP contribution in [0.3, 0.4) is 0 Å². The van der Waals surface area contributed by atoms with Crippen LogP contribution in [0, 0.1) is 0 Å². The number of hydrogen-bond donors (Lipinski definition) is 1. The molecule has 2 N–H and O–H groups in total. The van der Waals surface area contributed by atoms with E-state index in [9.17, 15) is 0 Å². The van der Waals surface area contributed by atoms with Gasteiger partial charge >= 0.3 is 0 Å². The summed E-state index contributed by atoms with van der Waals surface area (Å²) in [7, 11) is -1.62. The van der Waals surface area contributed by atoms with Crippen LogP contribution in [0.4, 0.5) is 0 Å². The van der Waals surface area contributed by atoms with Crippen molar-refractivity contribution in [3.05, 3.63) is 10.1 Å². The Hall–Kier alpha value is 0.357. The lowest BCUT2D eigenvalue weighted by atomic mass is 10.2. The van der Waals surface area contributed by atoms with Gasteiger partial charge in [-0.1, -0.05) is 36.7 Å². The van der Waals surface area contributed by atoms with Crippen LogP contribution in [0.1, 0.15) is 27.7 Å². The fourth-order valence-electron chi connectivity index (χ4n) is 0.758. The number of rotatable bonds is 4. The number of halogens is 1.